The number of aromatic nitrogens is 3. The van der Waals surface area contributed by atoms with Crippen molar-refractivity contribution in [3.63, 3.8) is 0 Å². The average molecular weight is 408 g/mol. The van der Waals surface area contributed by atoms with Crippen LogP contribution in [0.4, 0.5) is 0 Å². The molecule has 0 bridgehead atoms. The Morgan fingerprint density at radius 2 is 1.90 bits per heavy atom. The molecule has 2 aromatic heterocycles. The highest BCUT2D eigenvalue weighted by molar-refractivity contribution is 7.99. The molecule has 7 nitrogen and oxygen atoms in total. The van der Waals surface area contributed by atoms with Gasteiger partial charge in [-0.05, 0) is 23.8 Å². The fraction of sp³-hybridized carbons (Fsp3) is 0.190. The summed E-state index contributed by atoms with van der Waals surface area (Å²) in [5.41, 5.74) is 3.70. The number of nitrogens with one attached hydrogen (secondary N) is 3. The van der Waals surface area contributed by atoms with E-state index in [1.165, 1.54) is 18.9 Å². The summed E-state index contributed by atoms with van der Waals surface area (Å²) in [4.78, 5) is 35.5. The first-order valence-corrected chi connectivity index (χ1v) is 10.1. The summed E-state index contributed by atoms with van der Waals surface area (Å²) in [5, 5.41) is 4.47. The second-order valence-corrected chi connectivity index (χ2v) is 7.52. The van der Waals surface area contributed by atoms with E-state index < -0.39 is 12.0 Å². The number of aromatic amines is 2. The first-order chi connectivity index (χ1) is 14.1. The summed E-state index contributed by atoms with van der Waals surface area (Å²) in [5.74, 6) is -0.593. The second-order valence-electron chi connectivity index (χ2n) is 6.55. The molecule has 0 radical (unpaired) electrons. The van der Waals surface area contributed by atoms with Gasteiger partial charge in [-0.25, -0.2) is 9.78 Å². The third-order valence-electron chi connectivity index (χ3n) is 4.63. The maximum atomic E-state index is 12.5. The Labute approximate surface area is 171 Å². The zero-order valence-corrected chi connectivity index (χ0v) is 16.6. The molecule has 0 aliphatic carbocycles. The van der Waals surface area contributed by atoms with Crippen LogP contribution < -0.4 is 5.32 Å². The van der Waals surface area contributed by atoms with Crippen molar-refractivity contribution in [1.29, 1.82) is 0 Å². The quantitative estimate of drug-likeness (QED) is 0.322. The number of methoxy groups -OCH3 is 1. The molecule has 0 saturated heterocycles. The van der Waals surface area contributed by atoms with Crippen molar-refractivity contribution in [1.82, 2.24) is 20.3 Å². The third-order valence-corrected chi connectivity index (χ3v) is 5.50. The first kappa shape index (κ1) is 19.1. The predicted molar refractivity (Wildman–Crippen MR) is 113 cm³/mol. The van der Waals surface area contributed by atoms with Crippen LogP contribution in [-0.4, -0.2) is 45.7 Å². The summed E-state index contributed by atoms with van der Waals surface area (Å²) in [7, 11) is 1.32. The molecule has 2 heterocycles. The molecule has 0 fully saturated rings. The van der Waals surface area contributed by atoms with Crippen LogP contribution in [0.2, 0.25) is 0 Å². The van der Waals surface area contributed by atoms with Gasteiger partial charge in [0.2, 0.25) is 5.91 Å². The van der Waals surface area contributed by atoms with Crippen LogP contribution in [0.1, 0.15) is 5.56 Å². The molecule has 0 aliphatic heterocycles. The molecular formula is C21H20N4O3S. The van der Waals surface area contributed by atoms with Crippen molar-refractivity contribution in [2.75, 3.05) is 12.9 Å². The number of hydrogen-bond donors (Lipinski definition) is 3. The number of imidazole rings is 1. The van der Waals surface area contributed by atoms with E-state index in [0.717, 1.165) is 27.5 Å². The van der Waals surface area contributed by atoms with E-state index in [9.17, 15) is 9.59 Å². The van der Waals surface area contributed by atoms with Gasteiger partial charge in [-0.3, -0.25) is 4.79 Å². The number of thioether (sulfide) groups is 1. The van der Waals surface area contributed by atoms with Crippen molar-refractivity contribution in [2.24, 2.45) is 0 Å². The van der Waals surface area contributed by atoms with Gasteiger partial charge in [-0.15, -0.1) is 0 Å². The van der Waals surface area contributed by atoms with Crippen LogP contribution in [0.5, 0.6) is 0 Å². The molecule has 3 N–H and O–H groups in total. The Hall–Kier alpha value is -3.26. The largest absolute Gasteiger partial charge is 0.467 e. The van der Waals surface area contributed by atoms with E-state index in [4.69, 9.17) is 4.74 Å². The van der Waals surface area contributed by atoms with Crippen LogP contribution in [-0.2, 0) is 20.7 Å². The summed E-state index contributed by atoms with van der Waals surface area (Å²) in [6, 6.07) is 14.7. The number of esters is 1. The number of ether oxygens (including phenoxy) is 1. The number of para-hydroxylation sites is 3. The summed E-state index contributed by atoms with van der Waals surface area (Å²) < 4.78 is 4.89. The predicted octanol–water partition coefficient (Wildman–Crippen LogP) is 3.04. The number of H-pyrrole nitrogens is 2. The number of rotatable bonds is 7. The van der Waals surface area contributed by atoms with Crippen LogP contribution in [0.3, 0.4) is 0 Å². The zero-order valence-electron chi connectivity index (χ0n) is 15.8. The molecule has 148 valence electrons. The molecular weight excluding hydrogens is 388 g/mol. The lowest BCUT2D eigenvalue weighted by Gasteiger charge is -2.16. The van der Waals surface area contributed by atoms with Crippen molar-refractivity contribution in [3.8, 4) is 0 Å². The Bertz CT molecular complexity index is 1130. The summed E-state index contributed by atoms with van der Waals surface area (Å²) in [6.45, 7) is 0. The lowest BCUT2D eigenvalue weighted by molar-refractivity contribution is -0.144. The van der Waals surface area contributed by atoms with Crippen molar-refractivity contribution >= 4 is 45.6 Å². The minimum atomic E-state index is -0.761. The summed E-state index contributed by atoms with van der Waals surface area (Å²) in [6.07, 6.45) is 2.20. The van der Waals surface area contributed by atoms with E-state index in [2.05, 4.69) is 20.3 Å². The minimum Gasteiger partial charge on any atom is -0.467 e. The van der Waals surface area contributed by atoms with Crippen LogP contribution in [0, 0.1) is 0 Å². The van der Waals surface area contributed by atoms with E-state index in [-0.39, 0.29) is 11.7 Å². The number of carbonyl (C=O) groups excluding carboxylic acids is 2. The van der Waals surface area contributed by atoms with Gasteiger partial charge in [0.15, 0.2) is 5.16 Å². The Morgan fingerprint density at radius 1 is 1.14 bits per heavy atom. The van der Waals surface area contributed by atoms with Gasteiger partial charge in [0, 0.05) is 23.5 Å². The highest BCUT2D eigenvalue weighted by Gasteiger charge is 2.23. The van der Waals surface area contributed by atoms with E-state index in [1.807, 2.05) is 54.7 Å². The molecule has 1 atom stereocenters. The molecule has 2 aromatic carbocycles. The van der Waals surface area contributed by atoms with Gasteiger partial charge in [-0.2, -0.15) is 0 Å². The molecule has 0 spiro atoms. The Morgan fingerprint density at radius 3 is 2.69 bits per heavy atom. The van der Waals surface area contributed by atoms with E-state index >= 15 is 0 Å². The molecule has 4 rings (SSSR count). The maximum Gasteiger partial charge on any atom is 0.328 e. The zero-order chi connectivity index (χ0) is 20.2. The SMILES string of the molecule is COC(=O)[C@@H](Cc1c[nH]c2ccccc12)NC(=O)CSc1nc2ccccc2[nH]1. The van der Waals surface area contributed by atoms with Crippen molar-refractivity contribution < 1.29 is 14.3 Å². The molecule has 8 heteroatoms. The fourth-order valence-corrected chi connectivity index (χ4v) is 3.92. The van der Waals surface area contributed by atoms with Crippen molar-refractivity contribution in [3.05, 3.63) is 60.3 Å². The monoisotopic (exact) mass is 408 g/mol. The fourth-order valence-electron chi connectivity index (χ4n) is 3.22. The van der Waals surface area contributed by atoms with Crippen molar-refractivity contribution in [2.45, 2.75) is 17.6 Å². The number of benzene rings is 2. The van der Waals surface area contributed by atoms with E-state index in [0.29, 0.717) is 11.6 Å². The number of amides is 1. The highest BCUT2D eigenvalue weighted by Crippen LogP contribution is 2.21. The van der Waals surface area contributed by atoms with Gasteiger partial charge in [0.1, 0.15) is 6.04 Å². The van der Waals surface area contributed by atoms with Crippen LogP contribution in [0.15, 0.2) is 59.9 Å². The normalized spacial score (nSPS) is 12.2. The van der Waals surface area contributed by atoms with Crippen LogP contribution in [0.25, 0.3) is 21.9 Å². The number of hydrogen-bond acceptors (Lipinski definition) is 5. The molecule has 29 heavy (non-hydrogen) atoms. The third kappa shape index (κ3) is 4.27. The minimum absolute atomic E-state index is 0.140. The first-order valence-electron chi connectivity index (χ1n) is 9.14. The second kappa shape index (κ2) is 8.40. The Kier molecular flexibility index (Phi) is 5.53. The topological polar surface area (TPSA) is 99.9 Å². The van der Waals surface area contributed by atoms with Gasteiger partial charge in [0.05, 0.1) is 23.9 Å². The van der Waals surface area contributed by atoms with E-state index in [1.54, 1.807) is 0 Å². The number of carbonyl (C=O) groups is 2. The maximum absolute atomic E-state index is 12.5. The number of fused-ring (bicyclic) bond motifs is 2. The Balaban J connectivity index is 1.42. The number of nitrogens with zero attached hydrogens (tertiary/aromatic N) is 1. The molecule has 1 amide bonds. The smallest absolute Gasteiger partial charge is 0.328 e. The molecule has 0 unspecified atom stereocenters. The molecule has 0 aliphatic rings. The van der Waals surface area contributed by atoms with Gasteiger partial charge < -0.3 is 20.0 Å². The van der Waals surface area contributed by atoms with Gasteiger partial charge in [0.25, 0.3) is 0 Å². The van der Waals surface area contributed by atoms with Gasteiger partial charge in [-0.1, -0.05) is 42.1 Å². The molecule has 0 saturated carbocycles. The summed E-state index contributed by atoms with van der Waals surface area (Å²) >= 11 is 1.29. The van der Waals surface area contributed by atoms with Gasteiger partial charge >= 0.3 is 5.97 Å². The lowest BCUT2D eigenvalue weighted by atomic mass is 10.0. The lowest BCUT2D eigenvalue weighted by Crippen LogP contribution is -2.43. The average Bonchev–Trinajstić information content (AvgIpc) is 3.35. The highest BCUT2D eigenvalue weighted by atomic mass is 32.2. The molecule has 4 aromatic rings. The standard InChI is InChI=1S/C21H20N4O3S/c1-28-20(27)18(10-13-11-22-15-7-3-2-6-14(13)15)23-19(26)12-29-21-24-16-8-4-5-9-17(16)25-21/h2-9,11,18,22H,10,12H2,1H3,(H,23,26)(H,24,25)/t18-/m1/s1. The van der Waals surface area contributed by atoms with Crippen LogP contribution >= 0.6 is 11.8 Å².